The zero-order valence-corrected chi connectivity index (χ0v) is 21.1. The quantitative estimate of drug-likeness (QED) is 0.519. The molecule has 1 aliphatic rings. The third-order valence-electron chi connectivity index (χ3n) is 6.59. The average molecular weight is 474 g/mol. The van der Waals surface area contributed by atoms with Gasteiger partial charge in [0.15, 0.2) is 11.5 Å². The Balaban J connectivity index is 1.32. The number of hydrogen-bond donors (Lipinski definition) is 1. The van der Waals surface area contributed by atoms with Crippen molar-refractivity contribution < 1.29 is 14.3 Å². The average Bonchev–Trinajstić information content (AvgIpc) is 2.89. The SMILES string of the molecule is COc1ccc(CN2CCN(c3cccc(CNC(=O)c4cc(C)ccc4C)c3)CC2)cc1OC. The number of benzene rings is 3. The maximum Gasteiger partial charge on any atom is 0.251 e. The van der Waals surface area contributed by atoms with Crippen LogP contribution in [0.5, 0.6) is 11.5 Å². The van der Waals surface area contributed by atoms with Gasteiger partial charge >= 0.3 is 0 Å². The topological polar surface area (TPSA) is 54.0 Å². The largest absolute Gasteiger partial charge is 0.493 e. The van der Waals surface area contributed by atoms with Crippen molar-refractivity contribution >= 4 is 11.6 Å². The molecule has 0 atom stereocenters. The maximum atomic E-state index is 12.7. The molecule has 4 rings (SSSR count). The molecular weight excluding hydrogens is 438 g/mol. The number of hydrogen-bond acceptors (Lipinski definition) is 5. The van der Waals surface area contributed by atoms with E-state index in [2.05, 4.69) is 51.5 Å². The lowest BCUT2D eigenvalue weighted by atomic mass is 10.0. The lowest BCUT2D eigenvalue weighted by molar-refractivity contribution is 0.0950. The number of carbonyl (C=O) groups excluding carboxylic acids is 1. The Morgan fingerprint density at radius 3 is 2.37 bits per heavy atom. The summed E-state index contributed by atoms with van der Waals surface area (Å²) in [5, 5.41) is 3.08. The van der Waals surface area contributed by atoms with Gasteiger partial charge in [0.1, 0.15) is 0 Å². The molecule has 184 valence electrons. The summed E-state index contributed by atoms with van der Waals surface area (Å²) < 4.78 is 10.8. The molecule has 1 N–H and O–H groups in total. The zero-order valence-electron chi connectivity index (χ0n) is 21.1. The number of rotatable bonds is 8. The van der Waals surface area contributed by atoms with E-state index in [1.54, 1.807) is 14.2 Å². The molecule has 0 aliphatic carbocycles. The van der Waals surface area contributed by atoms with E-state index in [1.807, 2.05) is 38.1 Å². The van der Waals surface area contributed by atoms with Crippen LogP contribution >= 0.6 is 0 Å². The van der Waals surface area contributed by atoms with Crippen molar-refractivity contribution in [2.45, 2.75) is 26.9 Å². The van der Waals surface area contributed by atoms with Crippen molar-refractivity contribution in [3.63, 3.8) is 0 Å². The molecule has 1 amide bonds. The first-order valence-corrected chi connectivity index (χ1v) is 12.1. The zero-order chi connectivity index (χ0) is 24.8. The Kier molecular flexibility index (Phi) is 7.93. The van der Waals surface area contributed by atoms with Crippen LogP contribution in [0, 0.1) is 13.8 Å². The second-order valence-electron chi connectivity index (χ2n) is 9.12. The van der Waals surface area contributed by atoms with E-state index in [9.17, 15) is 4.79 Å². The molecule has 3 aromatic rings. The van der Waals surface area contributed by atoms with Gasteiger partial charge in [-0.05, 0) is 60.9 Å². The van der Waals surface area contributed by atoms with Crippen LogP contribution in [-0.2, 0) is 13.1 Å². The van der Waals surface area contributed by atoms with E-state index in [0.29, 0.717) is 6.54 Å². The monoisotopic (exact) mass is 473 g/mol. The van der Waals surface area contributed by atoms with Crippen LogP contribution in [0.25, 0.3) is 0 Å². The van der Waals surface area contributed by atoms with Gasteiger partial charge in [0.2, 0.25) is 0 Å². The highest BCUT2D eigenvalue weighted by molar-refractivity contribution is 5.95. The number of nitrogens with one attached hydrogen (secondary N) is 1. The van der Waals surface area contributed by atoms with Gasteiger partial charge in [0.25, 0.3) is 5.91 Å². The smallest absolute Gasteiger partial charge is 0.251 e. The van der Waals surface area contributed by atoms with E-state index in [1.165, 1.54) is 11.3 Å². The minimum Gasteiger partial charge on any atom is -0.493 e. The first-order valence-electron chi connectivity index (χ1n) is 12.1. The van der Waals surface area contributed by atoms with Gasteiger partial charge < -0.3 is 19.7 Å². The Labute approximate surface area is 208 Å². The standard InChI is InChI=1S/C29H35N3O3/c1-21-8-9-22(2)26(16-21)29(33)30-19-23-6-5-7-25(17-23)32-14-12-31(13-15-32)20-24-10-11-27(34-3)28(18-24)35-4/h5-11,16-18H,12-15,19-20H2,1-4H3,(H,30,33). The molecule has 6 nitrogen and oxygen atoms in total. The van der Waals surface area contributed by atoms with Crippen molar-refractivity contribution in [3.8, 4) is 11.5 Å². The second kappa shape index (κ2) is 11.3. The van der Waals surface area contributed by atoms with Crippen molar-refractivity contribution in [2.24, 2.45) is 0 Å². The molecule has 35 heavy (non-hydrogen) atoms. The van der Waals surface area contributed by atoms with E-state index in [0.717, 1.165) is 66.5 Å². The summed E-state index contributed by atoms with van der Waals surface area (Å²) in [6.07, 6.45) is 0. The molecule has 1 fully saturated rings. The normalized spacial score (nSPS) is 14.0. The fourth-order valence-corrected chi connectivity index (χ4v) is 4.52. The molecule has 0 spiro atoms. The van der Waals surface area contributed by atoms with Gasteiger partial charge in [-0.25, -0.2) is 0 Å². The summed E-state index contributed by atoms with van der Waals surface area (Å²) in [6.45, 7) is 9.28. The molecule has 0 aromatic heterocycles. The molecule has 0 unspecified atom stereocenters. The number of amides is 1. The number of nitrogens with zero attached hydrogens (tertiary/aromatic N) is 2. The minimum absolute atomic E-state index is 0.0274. The number of anilines is 1. The van der Waals surface area contributed by atoms with Crippen LogP contribution in [0.4, 0.5) is 5.69 Å². The van der Waals surface area contributed by atoms with Crippen LogP contribution < -0.4 is 19.7 Å². The van der Waals surface area contributed by atoms with Crippen molar-refractivity contribution in [1.29, 1.82) is 0 Å². The minimum atomic E-state index is -0.0274. The Hall–Kier alpha value is -3.51. The lowest BCUT2D eigenvalue weighted by Gasteiger charge is -2.36. The fraction of sp³-hybridized carbons (Fsp3) is 0.345. The summed E-state index contributed by atoms with van der Waals surface area (Å²) in [4.78, 5) is 17.6. The third kappa shape index (κ3) is 6.14. The van der Waals surface area contributed by atoms with E-state index in [-0.39, 0.29) is 5.91 Å². The first kappa shape index (κ1) is 24.6. The van der Waals surface area contributed by atoms with Gasteiger partial charge in [-0.2, -0.15) is 0 Å². The maximum absolute atomic E-state index is 12.7. The van der Waals surface area contributed by atoms with Crippen LogP contribution in [0.3, 0.4) is 0 Å². The summed E-state index contributed by atoms with van der Waals surface area (Å²) in [5.41, 5.74) is 6.36. The molecule has 6 heteroatoms. The molecule has 0 radical (unpaired) electrons. The first-order chi connectivity index (χ1) is 17.0. The highest BCUT2D eigenvalue weighted by Gasteiger charge is 2.18. The molecule has 0 saturated carbocycles. The number of carbonyl (C=O) groups is 1. The van der Waals surface area contributed by atoms with E-state index in [4.69, 9.17) is 9.47 Å². The number of piperazine rings is 1. The van der Waals surface area contributed by atoms with Crippen LogP contribution in [0.1, 0.15) is 32.6 Å². The molecule has 1 saturated heterocycles. The second-order valence-corrected chi connectivity index (χ2v) is 9.12. The Bertz CT molecular complexity index is 1170. The highest BCUT2D eigenvalue weighted by atomic mass is 16.5. The summed E-state index contributed by atoms with van der Waals surface area (Å²) in [6, 6.07) is 20.6. The number of methoxy groups -OCH3 is 2. The van der Waals surface area contributed by atoms with Gasteiger partial charge in [0, 0.05) is 50.5 Å². The van der Waals surface area contributed by atoms with Crippen LogP contribution in [-0.4, -0.2) is 51.2 Å². The van der Waals surface area contributed by atoms with Crippen LogP contribution in [0.15, 0.2) is 60.7 Å². The Morgan fingerprint density at radius 1 is 0.857 bits per heavy atom. The lowest BCUT2D eigenvalue weighted by Crippen LogP contribution is -2.46. The highest BCUT2D eigenvalue weighted by Crippen LogP contribution is 2.28. The van der Waals surface area contributed by atoms with E-state index >= 15 is 0 Å². The predicted octanol–water partition coefficient (Wildman–Crippen LogP) is 4.57. The molecule has 1 aliphatic heterocycles. The number of aryl methyl sites for hydroxylation is 2. The summed E-state index contributed by atoms with van der Waals surface area (Å²) >= 11 is 0. The molecule has 0 bridgehead atoms. The molecule has 3 aromatic carbocycles. The van der Waals surface area contributed by atoms with Crippen molar-refractivity contribution in [2.75, 3.05) is 45.3 Å². The molecular formula is C29H35N3O3. The predicted molar refractivity (Wildman–Crippen MR) is 141 cm³/mol. The van der Waals surface area contributed by atoms with Crippen molar-refractivity contribution in [1.82, 2.24) is 10.2 Å². The van der Waals surface area contributed by atoms with Gasteiger partial charge in [-0.1, -0.05) is 35.9 Å². The van der Waals surface area contributed by atoms with E-state index < -0.39 is 0 Å². The fourth-order valence-electron chi connectivity index (χ4n) is 4.52. The van der Waals surface area contributed by atoms with Crippen LogP contribution in [0.2, 0.25) is 0 Å². The van der Waals surface area contributed by atoms with Crippen molar-refractivity contribution in [3.05, 3.63) is 88.5 Å². The van der Waals surface area contributed by atoms with Gasteiger partial charge in [-0.3, -0.25) is 9.69 Å². The molecule has 1 heterocycles. The summed E-state index contributed by atoms with van der Waals surface area (Å²) in [5.74, 6) is 1.50. The summed E-state index contributed by atoms with van der Waals surface area (Å²) in [7, 11) is 3.33. The van der Waals surface area contributed by atoms with Gasteiger partial charge in [-0.15, -0.1) is 0 Å². The van der Waals surface area contributed by atoms with Gasteiger partial charge in [0.05, 0.1) is 14.2 Å². The number of ether oxygens (including phenoxy) is 2. The third-order valence-corrected chi connectivity index (χ3v) is 6.59. The Morgan fingerprint density at radius 2 is 1.63 bits per heavy atom.